The Balaban J connectivity index is 0.00000121. The Labute approximate surface area is 295 Å². The van der Waals surface area contributed by atoms with Crippen LogP contribution in [0.25, 0.3) is 11.0 Å². The highest BCUT2D eigenvalue weighted by molar-refractivity contribution is 6.05. The second kappa shape index (κ2) is 19.6. The van der Waals surface area contributed by atoms with Crippen molar-refractivity contribution in [3.8, 4) is 0 Å². The number of aliphatic carboxylic acids is 2. The van der Waals surface area contributed by atoms with Crippen molar-refractivity contribution in [2.45, 2.75) is 76.7 Å². The summed E-state index contributed by atoms with van der Waals surface area (Å²) < 4.78 is 37.1. The maximum absolute atomic E-state index is 14.5. The summed E-state index contributed by atoms with van der Waals surface area (Å²) in [7, 11) is 0. The summed E-state index contributed by atoms with van der Waals surface area (Å²) in [6.45, 7) is 3.51. The van der Waals surface area contributed by atoms with Crippen molar-refractivity contribution in [3.05, 3.63) is 76.1 Å². The van der Waals surface area contributed by atoms with Crippen molar-refractivity contribution < 1.29 is 56.6 Å². The summed E-state index contributed by atoms with van der Waals surface area (Å²) in [5.74, 6) is -6.71. The molecule has 282 valence electrons. The van der Waals surface area contributed by atoms with Gasteiger partial charge in [-0.25, -0.2) is 9.59 Å². The number of carboxylic acids is 2. The molecule has 3 atom stereocenters. The molecule has 0 unspecified atom stereocenters. The summed E-state index contributed by atoms with van der Waals surface area (Å²) in [6.07, 6.45) is -4.57. The number of aryl methyl sites for hydroxylation is 1. The molecule has 1 heterocycles. The lowest BCUT2D eigenvalue weighted by atomic mass is 10.00. The van der Waals surface area contributed by atoms with Gasteiger partial charge in [-0.2, -0.15) is 13.2 Å². The van der Waals surface area contributed by atoms with Crippen LogP contribution in [-0.4, -0.2) is 76.6 Å². The number of benzene rings is 2. The first-order valence-corrected chi connectivity index (χ1v) is 15.9. The lowest BCUT2D eigenvalue weighted by Crippen LogP contribution is -2.58. The molecule has 0 saturated heterocycles. The van der Waals surface area contributed by atoms with Crippen molar-refractivity contribution in [3.63, 3.8) is 0 Å². The first-order valence-electron chi connectivity index (χ1n) is 15.9. The van der Waals surface area contributed by atoms with Crippen LogP contribution in [0.3, 0.4) is 0 Å². The van der Waals surface area contributed by atoms with Crippen molar-refractivity contribution in [1.82, 2.24) is 10.6 Å². The minimum Gasteiger partial charge on any atom is -0.481 e. The second-order valence-electron chi connectivity index (χ2n) is 11.6. The standard InChI is InChI=1S/C32H39N5O8.C2HF3O2/c1-19-16-29(41)45-26-18-22(11-12-23(19)26)37(25(30(34)42)10-6-7-15-33)32(44)24(17-21-8-4-3-5-9-21)36-31(43)20(2)35-27(38)13-14-28(39)40;3-2(4,5)1(6)7/h3-5,8-9,11-12,16,18,20,24-25H,6-7,10,13-15,17,33H2,1-2H3,(H2,34,42)(H,35,38)(H,36,43)(H,39,40);(H,6,7)/t20-,24-,25-;/m0./s1. The molecular formula is C34H40F3N5O10. The van der Waals surface area contributed by atoms with Crippen LogP contribution < -0.4 is 32.6 Å². The zero-order valence-corrected chi connectivity index (χ0v) is 28.3. The topological polar surface area (TPSA) is 252 Å². The zero-order valence-electron chi connectivity index (χ0n) is 28.3. The van der Waals surface area contributed by atoms with Crippen LogP contribution in [0.4, 0.5) is 18.9 Å². The Morgan fingerprint density at radius 3 is 2.13 bits per heavy atom. The summed E-state index contributed by atoms with van der Waals surface area (Å²) in [4.78, 5) is 85.9. The average Bonchev–Trinajstić information content (AvgIpc) is 3.06. The summed E-state index contributed by atoms with van der Waals surface area (Å²) in [5.41, 5.74) is 12.7. The monoisotopic (exact) mass is 735 g/mol. The fraction of sp³-hybridized carbons (Fsp3) is 0.382. The molecule has 8 N–H and O–H groups in total. The number of carbonyl (C=O) groups excluding carboxylic acids is 4. The van der Waals surface area contributed by atoms with Gasteiger partial charge in [-0.05, 0) is 62.9 Å². The van der Waals surface area contributed by atoms with E-state index >= 15 is 0 Å². The highest BCUT2D eigenvalue weighted by Crippen LogP contribution is 2.27. The predicted molar refractivity (Wildman–Crippen MR) is 181 cm³/mol. The fourth-order valence-corrected chi connectivity index (χ4v) is 4.92. The maximum Gasteiger partial charge on any atom is 0.490 e. The lowest BCUT2D eigenvalue weighted by Gasteiger charge is -2.34. The van der Waals surface area contributed by atoms with Crippen LogP contribution >= 0.6 is 0 Å². The molecule has 0 saturated carbocycles. The lowest BCUT2D eigenvalue weighted by molar-refractivity contribution is -0.192. The smallest absolute Gasteiger partial charge is 0.481 e. The van der Waals surface area contributed by atoms with E-state index in [1.807, 2.05) is 0 Å². The normalized spacial score (nSPS) is 12.7. The second-order valence-corrected chi connectivity index (χ2v) is 11.6. The van der Waals surface area contributed by atoms with Crippen LogP contribution in [0, 0.1) is 6.92 Å². The quantitative estimate of drug-likeness (QED) is 0.0918. The zero-order chi connectivity index (χ0) is 39.2. The van der Waals surface area contributed by atoms with Crippen LogP contribution in [0.15, 0.2) is 63.8 Å². The number of nitrogens with one attached hydrogen (secondary N) is 2. The van der Waals surface area contributed by atoms with Crippen molar-refractivity contribution >= 4 is 52.2 Å². The molecule has 3 aromatic rings. The number of fused-ring (bicyclic) bond motifs is 1. The minimum atomic E-state index is -5.08. The number of alkyl halides is 3. The molecule has 15 nitrogen and oxygen atoms in total. The number of carboxylic acid groups (broad SMARTS) is 2. The number of hydrogen-bond acceptors (Lipinski definition) is 9. The predicted octanol–water partition coefficient (Wildman–Crippen LogP) is 2.15. The number of amides is 4. The SMILES string of the molecule is Cc1cc(=O)oc2cc(N(C(=O)[C@H](Cc3ccccc3)NC(=O)[C@H](C)NC(=O)CCC(=O)O)[C@@H](CCCCN)C(N)=O)ccc12.O=C(O)C(F)(F)F. The number of nitrogens with zero attached hydrogens (tertiary/aromatic N) is 1. The van der Waals surface area contributed by atoms with Crippen molar-refractivity contribution in [2.24, 2.45) is 11.5 Å². The van der Waals surface area contributed by atoms with Gasteiger partial charge in [0.05, 0.1) is 6.42 Å². The summed E-state index contributed by atoms with van der Waals surface area (Å²) in [6, 6.07) is 11.5. The molecule has 0 fully saturated rings. The number of anilines is 1. The van der Waals surface area contributed by atoms with Crippen LogP contribution in [0.1, 0.15) is 50.2 Å². The van der Waals surface area contributed by atoms with Gasteiger partial charge in [-0.15, -0.1) is 0 Å². The third-order valence-electron chi connectivity index (χ3n) is 7.50. The van der Waals surface area contributed by atoms with Gasteiger partial charge in [0, 0.05) is 36.0 Å². The Hall–Kier alpha value is -5.78. The Morgan fingerprint density at radius 1 is 0.942 bits per heavy atom. The number of hydrogen-bond donors (Lipinski definition) is 6. The molecule has 52 heavy (non-hydrogen) atoms. The molecule has 0 aliphatic rings. The average molecular weight is 736 g/mol. The largest absolute Gasteiger partial charge is 0.490 e. The van der Waals surface area contributed by atoms with Crippen LogP contribution in [0.5, 0.6) is 0 Å². The molecule has 18 heteroatoms. The first kappa shape index (κ1) is 42.4. The molecule has 2 aromatic carbocycles. The van der Waals surface area contributed by atoms with Gasteiger partial charge < -0.3 is 36.7 Å². The van der Waals surface area contributed by atoms with Gasteiger partial charge in [0.25, 0.3) is 5.91 Å². The Bertz CT molecular complexity index is 1800. The van der Waals surface area contributed by atoms with Crippen molar-refractivity contribution in [2.75, 3.05) is 11.4 Å². The number of rotatable bonds is 16. The molecule has 0 radical (unpaired) electrons. The molecule has 3 rings (SSSR count). The molecule has 4 amide bonds. The van der Waals surface area contributed by atoms with Gasteiger partial charge in [-0.3, -0.25) is 28.9 Å². The Morgan fingerprint density at radius 2 is 1.58 bits per heavy atom. The van der Waals surface area contributed by atoms with Gasteiger partial charge in [0.1, 0.15) is 23.7 Å². The van der Waals surface area contributed by atoms with E-state index in [0.717, 1.165) is 0 Å². The van der Waals surface area contributed by atoms with E-state index in [0.29, 0.717) is 35.9 Å². The van der Waals surface area contributed by atoms with Gasteiger partial charge in [-0.1, -0.05) is 30.3 Å². The maximum atomic E-state index is 14.5. The van der Waals surface area contributed by atoms with E-state index in [4.69, 9.17) is 30.9 Å². The molecule has 1 aromatic heterocycles. The number of unbranched alkanes of at least 4 members (excludes halogenated alkanes) is 1. The van der Waals surface area contributed by atoms with Gasteiger partial charge in [0.15, 0.2) is 0 Å². The third-order valence-corrected chi connectivity index (χ3v) is 7.50. The minimum absolute atomic E-state index is 0.0254. The first-order chi connectivity index (χ1) is 24.3. The van der Waals surface area contributed by atoms with Crippen molar-refractivity contribution in [1.29, 1.82) is 0 Å². The third kappa shape index (κ3) is 13.2. The fourth-order valence-electron chi connectivity index (χ4n) is 4.92. The summed E-state index contributed by atoms with van der Waals surface area (Å²) >= 11 is 0. The Kier molecular flexibility index (Phi) is 16.0. The number of nitrogens with two attached hydrogens (primary N) is 2. The molecular weight excluding hydrogens is 695 g/mol. The van der Waals surface area contributed by atoms with E-state index in [9.17, 15) is 41.9 Å². The summed E-state index contributed by atoms with van der Waals surface area (Å²) in [5, 5.41) is 21.7. The van der Waals surface area contributed by atoms with Crippen LogP contribution in [-0.2, 0) is 35.2 Å². The number of primary amides is 1. The number of halogens is 3. The highest BCUT2D eigenvalue weighted by Gasteiger charge is 2.38. The molecule has 0 spiro atoms. The van der Waals surface area contributed by atoms with E-state index in [1.54, 1.807) is 49.4 Å². The van der Waals surface area contributed by atoms with Crippen LogP contribution in [0.2, 0.25) is 0 Å². The van der Waals surface area contributed by atoms with E-state index < -0.39 is 71.9 Å². The van der Waals surface area contributed by atoms with E-state index in [-0.39, 0.29) is 30.5 Å². The van der Waals surface area contributed by atoms with Gasteiger partial charge >= 0.3 is 23.7 Å². The molecule has 0 aliphatic carbocycles. The highest BCUT2D eigenvalue weighted by atomic mass is 19.4. The van der Waals surface area contributed by atoms with Gasteiger partial charge in [0.2, 0.25) is 17.7 Å². The molecule has 0 bridgehead atoms. The van der Waals surface area contributed by atoms with E-state index in [2.05, 4.69) is 10.6 Å². The van der Waals surface area contributed by atoms with E-state index in [1.165, 1.54) is 24.0 Å². The number of carbonyl (C=O) groups is 6. The molecule has 0 aliphatic heterocycles.